The molecule has 0 aliphatic heterocycles. The van der Waals surface area contributed by atoms with E-state index in [0.717, 1.165) is 31.0 Å². The molecule has 2 aromatic carbocycles. The van der Waals surface area contributed by atoms with E-state index in [1.807, 2.05) is 31.2 Å². The van der Waals surface area contributed by atoms with Crippen LogP contribution in [0.15, 0.2) is 42.5 Å². The molecule has 1 unspecified atom stereocenters. The van der Waals surface area contributed by atoms with Gasteiger partial charge in [-0.15, -0.1) is 0 Å². The Kier molecular flexibility index (Phi) is 5.36. The maximum absolute atomic E-state index is 14.2. The number of hydrogen-bond acceptors (Lipinski definition) is 4. The van der Waals surface area contributed by atoms with E-state index in [0.29, 0.717) is 0 Å². The zero-order valence-corrected chi connectivity index (χ0v) is 15.9. The monoisotopic (exact) mass is 396 g/mol. The van der Waals surface area contributed by atoms with Gasteiger partial charge < -0.3 is 4.55 Å². The first-order valence-corrected chi connectivity index (χ1v) is 10.9. The summed E-state index contributed by atoms with van der Waals surface area (Å²) in [5.41, 5.74) is 4.08. The Labute approximate surface area is 154 Å². The van der Waals surface area contributed by atoms with Crippen molar-refractivity contribution in [1.82, 2.24) is 0 Å². The van der Waals surface area contributed by atoms with Crippen LogP contribution in [0, 0.1) is 16.6 Å². The molecule has 0 fully saturated rings. The minimum Gasteiger partial charge on any atom is -0.306 e. The van der Waals surface area contributed by atoms with Gasteiger partial charge in [0.05, 0.1) is 10.6 Å². The molecule has 1 N–H and O–H groups in total. The van der Waals surface area contributed by atoms with Gasteiger partial charge in [0.25, 0.3) is 0 Å². The summed E-state index contributed by atoms with van der Waals surface area (Å²) in [7, 11) is 3.01. The van der Waals surface area contributed by atoms with Crippen molar-refractivity contribution in [2.45, 2.75) is 12.7 Å². The predicted molar refractivity (Wildman–Crippen MR) is 103 cm³/mol. The van der Waals surface area contributed by atoms with Crippen LogP contribution in [-0.2, 0) is 16.8 Å². The van der Waals surface area contributed by atoms with Crippen molar-refractivity contribution in [3.63, 3.8) is 0 Å². The molecule has 124 valence electrons. The van der Waals surface area contributed by atoms with Crippen LogP contribution < -0.4 is 0 Å². The highest BCUT2D eigenvalue weighted by Gasteiger charge is 2.15. The second-order valence-electron chi connectivity index (χ2n) is 5.30. The zero-order chi connectivity index (χ0) is 17.3. The molecule has 0 spiro atoms. The highest BCUT2D eigenvalue weighted by Crippen LogP contribution is 2.41. The third-order valence-electron chi connectivity index (χ3n) is 3.57. The van der Waals surface area contributed by atoms with Gasteiger partial charge in [0.2, 0.25) is 0 Å². The summed E-state index contributed by atoms with van der Waals surface area (Å²) >= 11 is 3.40. The topological polar surface area (TPSA) is 37.3 Å². The first-order valence-electron chi connectivity index (χ1n) is 7.02. The van der Waals surface area contributed by atoms with Crippen molar-refractivity contribution in [2.75, 3.05) is 0 Å². The van der Waals surface area contributed by atoms with Crippen molar-refractivity contribution >= 4 is 44.0 Å². The van der Waals surface area contributed by atoms with Crippen molar-refractivity contribution in [2.24, 2.45) is 0 Å². The van der Waals surface area contributed by atoms with E-state index in [1.54, 1.807) is 12.1 Å². The fourth-order valence-electron chi connectivity index (χ4n) is 2.36. The quantitative estimate of drug-likeness (QED) is 0.332. The molecule has 0 saturated heterocycles. The summed E-state index contributed by atoms with van der Waals surface area (Å²) in [5, 5.41) is 0. The Balaban J connectivity index is 2.08. The molecule has 0 amide bonds. The average Bonchev–Trinajstić information content (AvgIpc) is 2.91. The Bertz CT molecular complexity index is 957. The Hall–Kier alpha value is -1.25. The molecule has 24 heavy (non-hydrogen) atoms. The Morgan fingerprint density at radius 2 is 1.79 bits per heavy atom. The number of rotatable bonds is 4. The Morgan fingerprint density at radius 3 is 2.42 bits per heavy atom. The normalized spacial score (nSPS) is 12.3. The SMILES string of the molecule is Cc1ccc(-c2c(-c3ccc(CS(=O)O)c(F)c3)ssc2=S)cc1. The van der Waals surface area contributed by atoms with Crippen LogP contribution in [0.3, 0.4) is 0 Å². The van der Waals surface area contributed by atoms with Crippen LogP contribution in [0.25, 0.3) is 21.6 Å². The summed E-state index contributed by atoms with van der Waals surface area (Å²) in [4.78, 5) is 0.921. The first kappa shape index (κ1) is 17.6. The van der Waals surface area contributed by atoms with Crippen LogP contribution in [0.2, 0.25) is 0 Å². The predicted octanol–water partition coefficient (Wildman–Crippen LogP) is 6.04. The standard InChI is InChI=1S/C17H13FO2S4/c1-10-2-4-11(5-3-10)15-16(22-23-17(15)21)12-6-7-13(9-24(19)20)14(18)8-12/h2-8H,9H2,1H3,(H,19,20). The zero-order valence-electron chi connectivity index (χ0n) is 12.6. The van der Waals surface area contributed by atoms with Gasteiger partial charge >= 0.3 is 0 Å². The first-order chi connectivity index (χ1) is 11.5. The van der Waals surface area contributed by atoms with Crippen molar-refractivity contribution < 1.29 is 13.2 Å². The molecule has 0 bridgehead atoms. The van der Waals surface area contributed by atoms with Gasteiger partial charge in [-0.25, -0.2) is 8.60 Å². The molecular weight excluding hydrogens is 383 g/mol. The molecule has 0 aliphatic carbocycles. The van der Waals surface area contributed by atoms with Crippen molar-refractivity contribution in [1.29, 1.82) is 0 Å². The highest BCUT2D eigenvalue weighted by molar-refractivity contribution is 7.80. The lowest BCUT2D eigenvalue weighted by Crippen LogP contribution is -1.96. The van der Waals surface area contributed by atoms with Crippen LogP contribution in [0.4, 0.5) is 4.39 Å². The van der Waals surface area contributed by atoms with E-state index < -0.39 is 16.9 Å². The fraction of sp³-hybridized carbons (Fsp3) is 0.118. The molecule has 2 nitrogen and oxygen atoms in total. The minimum atomic E-state index is -2.06. The number of aryl methyl sites for hydroxylation is 1. The molecule has 0 aliphatic rings. The summed E-state index contributed by atoms with van der Waals surface area (Å²) in [6.07, 6.45) is 0. The summed E-state index contributed by atoms with van der Waals surface area (Å²) in [6.45, 7) is 2.02. The van der Waals surface area contributed by atoms with E-state index in [9.17, 15) is 8.60 Å². The smallest absolute Gasteiger partial charge is 0.157 e. The molecule has 3 aromatic rings. The second-order valence-corrected chi connectivity index (χ2v) is 9.04. The largest absolute Gasteiger partial charge is 0.306 e. The summed E-state index contributed by atoms with van der Waals surface area (Å²) < 4.78 is 34.8. The summed E-state index contributed by atoms with van der Waals surface area (Å²) in [6, 6.07) is 12.8. The van der Waals surface area contributed by atoms with Crippen LogP contribution >= 0.6 is 32.9 Å². The van der Waals surface area contributed by atoms with E-state index in [4.69, 9.17) is 16.8 Å². The number of hydrogen-bond donors (Lipinski definition) is 1. The van der Waals surface area contributed by atoms with Crippen molar-refractivity contribution in [3.05, 3.63) is 63.2 Å². The molecule has 1 aromatic heterocycles. The molecule has 3 rings (SSSR count). The van der Waals surface area contributed by atoms with Crippen molar-refractivity contribution in [3.8, 4) is 21.6 Å². The van der Waals surface area contributed by atoms with Gasteiger partial charge in [-0.05, 0) is 24.1 Å². The lowest BCUT2D eigenvalue weighted by Gasteiger charge is -2.07. The molecule has 0 radical (unpaired) electrons. The van der Waals surface area contributed by atoms with Gasteiger partial charge in [-0.2, -0.15) is 0 Å². The van der Waals surface area contributed by atoms with Gasteiger partial charge in [0.1, 0.15) is 9.64 Å². The highest BCUT2D eigenvalue weighted by atomic mass is 32.9. The lowest BCUT2D eigenvalue weighted by atomic mass is 10.0. The summed E-state index contributed by atoms with van der Waals surface area (Å²) in [5.74, 6) is -0.690. The van der Waals surface area contributed by atoms with E-state index >= 15 is 0 Å². The van der Waals surface area contributed by atoms with E-state index in [2.05, 4.69) is 0 Å². The maximum atomic E-state index is 14.2. The fourth-order valence-corrected chi connectivity index (χ4v) is 5.77. The molecule has 1 atom stereocenters. The molecule has 1 heterocycles. The number of halogens is 1. The second kappa shape index (κ2) is 7.33. The molecule has 0 saturated carbocycles. The van der Waals surface area contributed by atoms with Gasteiger partial charge in [-0.3, -0.25) is 0 Å². The third kappa shape index (κ3) is 3.70. The van der Waals surface area contributed by atoms with Crippen LogP contribution in [0.1, 0.15) is 11.1 Å². The number of benzene rings is 2. The molecule has 7 heteroatoms. The van der Waals surface area contributed by atoms with E-state index in [-0.39, 0.29) is 11.3 Å². The molecular formula is C17H13FO2S4. The van der Waals surface area contributed by atoms with Gasteiger partial charge in [0.15, 0.2) is 11.1 Å². The van der Waals surface area contributed by atoms with Gasteiger partial charge in [0, 0.05) is 11.1 Å². The van der Waals surface area contributed by atoms with Crippen LogP contribution in [-0.4, -0.2) is 8.76 Å². The van der Waals surface area contributed by atoms with E-state index in [1.165, 1.54) is 26.7 Å². The third-order valence-corrected chi connectivity index (χ3v) is 7.19. The Morgan fingerprint density at radius 1 is 1.12 bits per heavy atom. The minimum absolute atomic E-state index is 0.212. The van der Waals surface area contributed by atoms with Gasteiger partial charge in [-0.1, -0.05) is 74.9 Å². The average molecular weight is 397 g/mol. The maximum Gasteiger partial charge on any atom is 0.157 e. The van der Waals surface area contributed by atoms with Crippen LogP contribution in [0.5, 0.6) is 0 Å². The lowest BCUT2D eigenvalue weighted by molar-refractivity contribution is 0.559.